The second kappa shape index (κ2) is 6.55. The summed E-state index contributed by atoms with van der Waals surface area (Å²) in [6, 6.07) is 9.39. The Labute approximate surface area is 135 Å². The molecule has 2 N–H and O–H groups in total. The molecule has 1 aromatic carbocycles. The average molecular weight is 336 g/mol. The number of rotatable bonds is 5. The summed E-state index contributed by atoms with van der Waals surface area (Å²) in [5, 5.41) is 2.75. The molecule has 0 aliphatic rings. The van der Waals surface area contributed by atoms with Crippen molar-refractivity contribution in [3.63, 3.8) is 0 Å². The van der Waals surface area contributed by atoms with Crippen LogP contribution >= 0.6 is 0 Å². The summed E-state index contributed by atoms with van der Waals surface area (Å²) >= 11 is 0. The summed E-state index contributed by atoms with van der Waals surface area (Å²) in [7, 11) is -3.63. The van der Waals surface area contributed by atoms with Gasteiger partial charge in [0.25, 0.3) is 0 Å². The van der Waals surface area contributed by atoms with Gasteiger partial charge in [-0.05, 0) is 36.4 Å². The summed E-state index contributed by atoms with van der Waals surface area (Å²) in [6.45, 7) is 5.50. The molecule has 0 radical (unpaired) electrons. The van der Waals surface area contributed by atoms with Gasteiger partial charge in [0.2, 0.25) is 15.9 Å². The average Bonchev–Trinajstić information content (AvgIpc) is 2.98. The predicted molar refractivity (Wildman–Crippen MR) is 87.3 cm³/mol. The predicted octanol–water partition coefficient (Wildman–Crippen LogP) is 2.74. The summed E-state index contributed by atoms with van der Waals surface area (Å²) in [4.78, 5) is 12.0. The molecule has 6 nitrogen and oxygen atoms in total. The van der Waals surface area contributed by atoms with E-state index in [4.69, 9.17) is 4.42 Å². The largest absolute Gasteiger partial charge is 0.468 e. The molecule has 0 fully saturated rings. The van der Waals surface area contributed by atoms with Crippen molar-refractivity contribution >= 4 is 21.6 Å². The van der Waals surface area contributed by atoms with E-state index in [0.717, 1.165) is 0 Å². The van der Waals surface area contributed by atoms with Crippen LogP contribution in [0, 0.1) is 5.41 Å². The minimum atomic E-state index is -3.63. The summed E-state index contributed by atoms with van der Waals surface area (Å²) in [5.74, 6) is 0.395. The highest BCUT2D eigenvalue weighted by atomic mass is 32.2. The van der Waals surface area contributed by atoms with Gasteiger partial charge in [-0.15, -0.1) is 0 Å². The van der Waals surface area contributed by atoms with Crippen molar-refractivity contribution in [1.29, 1.82) is 0 Å². The van der Waals surface area contributed by atoms with Gasteiger partial charge < -0.3 is 9.73 Å². The third kappa shape index (κ3) is 4.67. The number of hydrogen-bond donors (Lipinski definition) is 2. The van der Waals surface area contributed by atoms with E-state index in [-0.39, 0.29) is 17.3 Å². The molecule has 0 atom stereocenters. The van der Waals surface area contributed by atoms with Crippen molar-refractivity contribution in [2.75, 3.05) is 5.32 Å². The van der Waals surface area contributed by atoms with Crippen molar-refractivity contribution in [2.45, 2.75) is 32.2 Å². The minimum absolute atomic E-state index is 0.0812. The SMILES string of the molecule is CC(C)(C)C(=O)Nc1ccc(S(=O)(=O)NCc2ccco2)cc1. The zero-order chi connectivity index (χ0) is 17.1. The highest BCUT2D eigenvalue weighted by Crippen LogP contribution is 2.19. The number of amides is 1. The lowest BCUT2D eigenvalue weighted by Crippen LogP contribution is -2.27. The third-order valence-corrected chi connectivity index (χ3v) is 4.54. The Kier molecular flexibility index (Phi) is 4.91. The Hall–Kier alpha value is -2.12. The molecule has 1 amide bonds. The van der Waals surface area contributed by atoms with Crippen LogP contribution in [0.5, 0.6) is 0 Å². The molecule has 1 heterocycles. The molecule has 23 heavy (non-hydrogen) atoms. The Morgan fingerprint density at radius 2 is 1.78 bits per heavy atom. The van der Waals surface area contributed by atoms with E-state index in [1.807, 2.05) is 0 Å². The van der Waals surface area contributed by atoms with Crippen molar-refractivity contribution in [1.82, 2.24) is 4.72 Å². The molecule has 0 aliphatic carbocycles. The minimum Gasteiger partial charge on any atom is -0.468 e. The van der Waals surface area contributed by atoms with Gasteiger partial charge in [-0.1, -0.05) is 20.8 Å². The number of nitrogens with one attached hydrogen (secondary N) is 2. The van der Waals surface area contributed by atoms with Crippen molar-refractivity contribution < 1.29 is 17.6 Å². The number of furan rings is 1. The molecular formula is C16H20N2O4S. The maximum Gasteiger partial charge on any atom is 0.240 e. The van der Waals surface area contributed by atoms with Gasteiger partial charge in [-0.3, -0.25) is 4.79 Å². The molecule has 0 saturated heterocycles. The highest BCUT2D eigenvalue weighted by molar-refractivity contribution is 7.89. The lowest BCUT2D eigenvalue weighted by Gasteiger charge is -2.17. The maximum absolute atomic E-state index is 12.2. The van der Waals surface area contributed by atoms with Crippen molar-refractivity contribution in [2.24, 2.45) is 5.41 Å². The summed E-state index contributed by atoms with van der Waals surface area (Å²) in [6.07, 6.45) is 1.48. The highest BCUT2D eigenvalue weighted by Gasteiger charge is 2.21. The molecule has 0 saturated carbocycles. The fourth-order valence-corrected chi connectivity index (χ4v) is 2.69. The first-order valence-corrected chi connectivity index (χ1v) is 8.60. The third-order valence-electron chi connectivity index (χ3n) is 3.12. The van der Waals surface area contributed by atoms with Gasteiger partial charge in [-0.2, -0.15) is 0 Å². The van der Waals surface area contributed by atoms with Gasteiger partial charge in [0.05, 0.1) is 17.7 Å². The van der Waals surface area contributed by atoms with Crippen LogP contribution in [0.4, 0.5) is 5.69 Å². The molecular weight excluding hydrogens is 316 g/mol. The number of carbonyl (C=O) groups is 1. The van der Waals surface area contributed by atoms with E-state index in [1.165, 1.54) is 18.4 Å². The zero-order valence-corrected chi connectivity index (χ0v) is 14.1. The fraction of sp³-hybridized carbons (Fsp3) is 0.312. The van der Waals surface area contributed by atoms with Crippen LogP contribution in [0.3, 0.4) is 0 Å². The summed E-state index contributed by atoms with van der Waals surface area (Å²) in [5.41, 5.74) is 0.0323. The molecule has 2 rings (SSSR count). The van der Waals surface area contributed by atoms with Crippen LogP contribution < -0.4 is 10.0 Å². The first-order valence-electron chi connectivity index (χ1n) is 7.12. The van der Waals surface area contributed by atoms with Crippen molar-refractivity contribution in [3.8, 4) is 0 Å². The van der Waals surface area contributed by atoms with E-state index in [0.29, 0.717) is 11.4 Å². The fourth-order valence-electron chi connectivity index (χ4n) is 1.70. The Bertz CT molecular complexity index is 757. The van der Waals surface area contributed by atoms with Crippen LogP contribution in [0.15, 0.2) is 52.0 Å². The summed E-state index contributed by atoms with van der Waals surface area (Å²) < 4.78 is 31.9. The van der Waals surface area contributed by atoms with Crippen LogP contribution in [-0.4, -0.2) is 14.3 Å². The lowest BCUT2D eigenvalue weighted by atomic mass is 9.95. The van der Waals surface area contributed by atoms with Gasteiger partial charge in [0.15, 0.2) is 0 Å². The van der Waals surface area contributed by atoms with Crippen LogP contribution in [0.2, 0.25) is 0 Å². The molecule has 0 aliphatic heterocycles. The van der Waals surface area contributed by atoms with Crippen LogP contribution in [0.1, 0.15) is 26.5 Å². The quantitative estimate of drug-likeness (QED) is 0.879. The Morgan fingerprint density at radius 1 is 1.13 bits per heavy atom. The molecule has 1 aromatic heterocycles. The normalized spacial score (nSPS) is 12.1. The molecule has 2 aromatic rings. The maximum atomic E-state index is 12.2. The number of hydrogen-bond acceptors (Lipinski definition) is 4. The van der Waals surface area contributed by atoms with Gasteiger partial charge in [-0.25, -0.2) is 13.1 Å². The van der Waals surface area contributed by atoms with Crippen LogP contribution in [0.25, 0.3) is 0 Å². The smallest absolute Gasteiger partial charge is 0.240 e. The van der Waals surface area contributed by atoms with E-state index in [1.54, 1.807) is 45.0 Å². The molecule has 0 unspecified atom stereocenters. The number of benzene rings is 1. The van der Waals surface area contributed by atoms with Crippen molar-refractivity contribution in [3.05, 3.63) is 48.4 Å². The Balaban J connectivity index is 2.04. The molecule has 7 heteroatoms. The van der Waals surface area contributed by atoms with E-state index >= 15 is 0 Å². The number of sulfonamides is 1. The first kappa shape index (κ1) is 17.2. The van der Waals surface area contributed by atoms with Gasteiger partial charge >= 0.3 is 0 Å². The second-order valence-corrected chi connectivity index (χ2v) is 7.90. The van der Waals surface area contributed by atoms with E-state index < -0.39 is 15.4 Å². The zero-order valence-electron chi connectivity index (χ0n) is 13.3. The van der Waals surface area contributed by atoms with Gasteiger partial charge in [0, 0.05) is 11.1 Å². The van der Waals surface area contributed by atoms with E-state index in [2.05, 4.69) is 10.0 Å². The van der Waals surface area contributed by atoms with E-state index in [9.17, 15) is 13.2 Å². The lowest BCUT2D eigenvalue weighted by molar-refractivity contribution is -0.123. The molecule has 0 bridgehead atoms. The topological polar surface area (TPSA) is 88.4 Å². The van der Waals surface area contributed by atoms with Gasteiger partial charge in [0.1, 0.15) is 5.76 Å². The number of carbonyl (C=O) groups excluding carboxylic acids is 1. The molecule has 124 valence electrons. The monoisotopic (exact) mass is 336 g/mol. The molecule has 0 spiro atoms. The first-order chi connectivity index (χ1) is 10.7. The standard InChI is InChI=1S/C16H20N2O4S/c1-16(2,3)15(19)18-12-6-8-14(9-7-12)23(20,21)17-11-13-5-4-10-22-13/h4-10,17H,11H2,1-3H3,(H,18,19). The Morgan fingerprint density at radius 3 is 2.30 bits per heavy atom. The second-order valence-electron chi connectivity index (χ2n) is 6.13. The number of anilines is 1. The van der Waals surface area contributed by atoms with Crippen LogP contribution in [-0.2, 0) is 21.4 Å².